The van der Waals surface area contributed by atoms with Crippen LogP contribution in [0.25, 0.3) is 6.08 Å². The van der Waals surface area contributed by atoms with Gasteiger partial charge >= 0.3 is 0 Å². The SMILES string of the molecule is O=C1/C(=C\c2ccc(Cl)cc2)N=C(c2ccccc2F)N1c1ccc(O)cc1. The van der Waals surface area contributed by atoms with E-state index in [0.29, 0.717) is 10.7 Å². The Balaban J connectivity index is 1.84. The van der Waals surface area contributed by atoms with E-state index < -0.39 is 5.82 Å². The van der Waals surface area contributed by atoms with Gasteiger partial charge in [-0.1, -0.05) is 35.9 Å². The number of phenols is 1. The first kappa shape index (κ1) is 17.9. The molecule has 1 aliphatic heterocycles. The van der Waals surface area contributed by atoms with Gasteiger partial charge in [0, 0.05) is 5.02 Å². The molecule has 0 aliphatic carbocycles. The maximum absolute atomic E-state index is 14.4. The van der Waals surface area contributed by atoms with Crippen molar-refractivity contribution in [2.45, 2.75) is 0 Å². The Bertz CT molecular complexity index is 1110. The standard InChI is InChI=1S/C22H14ClFN2O2/c23-15-7-5-14(6-8-15)13-20-22(28)26(16-9-11-17(27)12-10-16)21(25-20)18-3-1-2-4-19(18)24/h1-13,27H/b20-13+. The molecule has 0 saturated carbocycles. The van der Waals surface area contributed by atoms with Gasteiger partial charge < -0.3 is 5.11 Å². The Labute approximate surface area is 165 Å². The molecule has 1 aliphatic rings. The number of hydrogen-bond donors (Lipinski definition) is 1. The molecule has 6 heteroatoms. The summed E-state index contributed by atoms with van der Waals surface area (Å²) >= 11 is 5.91. The van der Waals surface area contributed by atoms with Crippen molar-refractivity contribution in [3.05, 3.63) is 100 Å². The molecule has 0 fully saturated rings. The molecular formula is C22H14ClFN2O2. The van der Waals surface area contributed by atoms with Crippen LogP contribution in [0.3, 0.4) is 0 Å². The molecule has 0 bridgehead atoms. The summed E-state index contributed by atoms with van der Waals surface area (Å²) in [5, 5.41) is 10.1. The molecule has 0 aromatic heterocycles. The van der Waals surface area contributed by atoms with Gasteiger partial charge in [-0.15, -0.1) is 0 Å². The quantitative estimate of drug-likeness (QED) is 0.636. The number of aliphatic imine (C=N–C) groups is 1. The highest BCUT2D eigenvalue weighted by atomic mass is 35.5. The monoisotopic (exact) mass is 392 g/mol. The van der Waals surface area contributed by atoms with E-state index in [-0.39, 0.29) is 28.8 Å². The summed E-state index contributed by atoms with van der Waals surface area (Å²) in [6, 6.07) is 19.2. The predicted octanol–water partition coefficient (Wildman–Crippen LogP) is 5.02. The Hall–Kier alpha value is -3.44. The van der Waals surface area contributed by atoms with Gasteiger partial charge in [0.05, 0.1) is 11.3 Å². The fourth-order valence-electron chi connectivity index (χ4n) is 2.90. The first-order valence-corrected chi connectivity index (χ1v) is 8.85. The average molecular weight is 393 g/mol. The van der Waals surface area contributed by atoms with Crippen molar-refractivity contribution < 1.29 is 14.3 Å². The second-order valence-electron chi connectivity index (χ2n) is 6.15. The van der Waals surface area contributed by atoms with E-state index >= 15 is 0 Å². The van der Waals surface area contributed by atoms with E-state index in [9.17, 15) is 14.3 Å². The van der Waals surface area contributed by atoms with E-state index in [1.807, 2.05) is 0 Å². The zero-order valence-corrected chi connectivity index (χ0v) is 15.3. The van der Waals surface area contributed by atoms with Crippen molar-refractivity contribution in [2.24, 2.45) is 4.99 Å². The van der Waals surface area contributed by atoms with Crippen LogP contribution in [0.2, 0.25) is 5.02 Å². The Morgan fingerprint density at radius 3 is 2.32 bits per heavy atom. The zero-order chi connectivity index (χ0) is 19.7. The number of rotatable bonds is 3. The van der Waals surface area contributed by atoms with Gasteiger partial charge in [0.1, 0.15) is 17.3 Å². The average Bonchev–Trinajstić information content (AvgIpc) is 3.01. The Morgan fingerprint density at radius 1 is 0.964 bits per heavy atom. The van der Waals surface area contributed by atoms with Crippen molar-refractivity contribution in [1.82, 2.24) is 0 Å². The van der Waals surface area contributed by atoms with E-state index in [1.54, 1.807) is 60.7 Å². The predicted molar refractivity (Wildman–Crippen MR) is 108 cm³/mol. The van der Waals surface area contributed by atoms with Crippen LogP contribution < -0.4 is 4.90 Å². The minimum Gasteiger partial charge on any atom is -0.508 e. The molecule has 0 spiro atoms. The Morgan fingerprint density at radius 2 is 1.64 bits per heavy atom. The summed E-state index contributed by atoms with van der Waals surface area (Å²) in [6.45, 7) is 0. The van der Waals surface area contributed by atoms with Crippen LogP contribution in [0.5, 0.6) is 5.75 Å². The van der Waals surface area contributed by atoms with Crippen LogP contribution in [-0.2, 0) is 4.79 Å². The third-order valence-electron chi connectivity index (χ3n) is 4.26. The van der Waals surface area contributed by atoms with Gasteiger partial charge in [-0.3, -0.25) is 9.69 Å². The van der Waals surface area contributed by atoms with Crippen molar-refractivity contribution >= 4 is 35.1 Å². The maximum atomic E-state index is 14.4. The van der Waals surface area contributed by atoms with Gasteiger partial charge in [0.15, 0.2) is 5.84 Å². The lowest BCUT2D eigenvalue weighted by molar-refractivity contribution is -0.113. The number of hydrogen-bond acceptors (Lipinski definition) is 3. The number of benzene rings is 3. The van der Waals surface area contributed by atoms with E-state index in [4.69, 9.17) is 11.6 Å². The zero-order valence-electron chi connectivity index (χ0n) is 14.5. The second kappa shape index (κ2) is 7.29. The third-order valence-corrected chi connectivity index (χ3v) is 4.51. The molecule has 0 saturated heterocycles. The molecule has 0 radical (unpaired) electrons. The molecule has 3 aromatic rings. The van der Waals surface area contributed by atoms with Gasteiger partial charge in [0.2, 0.25) is 0 Å². The molecule has 0 atom stereocenters. The smallest absolute Gasteiger partial charge is 0.282 e. The maximum Gasteiger partial charge on any atom is 0.282 e. The van der Waals surface area contributed by atoms with Gasteiger partial charge in [-0.05, 0) is 60.2 Å². The van der Waals surface area contributed by atoms with Crippen molar-refractivity contribution in [3.63, 3.8) is 0 Å². The summed E-state index contributed by atoms with van der Waals surface area (Å²) in [7, 11) is 0. The van der Waals surface area contributed by atoms with Crippen LogP contribution in [0, 0.1) is 5.82 Å². The topological polar surface area (TPSA) is 52.9 Å². The van der Waals surface area contributed by atoms with Gasteiger partial charge in [-0.25, -0.2) is 9.38 Å². The number of aromatic hydroxyl groups is 1. The lowest BCUT2D eigenvalue weighted by Crippen LogP contribution is -2.33. The van der Waals surface area contributed by atoms with Crippen LogP contribution in [0.4, 0.5) is 10.1 Å². The molecule has 3 aromatic carbocycles. The molecule has 4 nitrogen and oxygen atoms in total. The summed E-state index contributed by atoms with van der Waals surface area (Å²) in [5.41, 5.74) is 1.61. The number of phenolic OH excluding ortho intramolecular Hbond substituents is 1. The highest BCUT2D eigenvalue weighted by molar-refractivity contribution is 6.33. The van der Waals surface area contributed by atoms with Crippen LogP contribution >= 0.6 is 11.6 Å². The summed E-state index contributed by atoms with van der Waals surface area (Å²) < 4.78 is 14.4. The molecule has 1 heterocycles. The fourth-order valence-corrected chi connectivity index (χ4v) is 3.02. The number of nitrogens with zero attached hydrogens (tertiary/aromatic N) is 2. The number of amides is 1. The molecule has 1 N–H and O–H groups in total. The van der Waals surface area contributed by atoms with Crippen LogP contribution in [0.1, 0.15) is 11.1 Å². The lowest BCUT2D eigenvalue weighted by atomic mass is 10.1. The summed E-state index contributed by atoms with van der Waals surface area (Å²) in [4.78, 5) is 18.8. The van der Waals surface area contributed by atoms with E-state index in [2.05, 4.69) is 4.99 Å². The lowest BCUT2D eigenvalue weighted by Gasteiger charge is -2.18. The first-order chi connectivity index (χ1) is 13.5. The first-order valence-electron chi connectivity index (χ1n) is 8.47. The van der Waals surface area contributed by atoms with Crippen LogP contribution in [0.15, 0.2) is 83.5 Å². The highest BCUT2D eigenvalue weighted by Gasteiger charge is 2.33. The van der Waals surface area contributed by atoms with E-state index in [0.717, 1.165) is 5.56 Å². The molecule has 0 unspecified atom stereocenters. The van der Waals surface area contributed by atoms with Gasteiger partial charge in [-0.2, -0.15) is 0 Å². The largest absolute Gasteiger partial charge is 0.508 e. The second-order valence-corrected chi connectivity index (χ2v) is 6.59. The van der Waals surface area contributed by atoms with Crippen LogP contribution in [-0.4, -0.2) is 16.8 Å². The molecule has 138 valence electrons. The number of carbonyl (C=O) groups is 1. The van der Waals surface area contributed by atoms with Crippen molar-refractivity contribution in [3.8, 4) is 5.75 Å². The molecule has 28 heavy (non-hydrogen) atoms. The van der Waals surface area contributed by atoms with Crippen molar-refractivity contribution in [1.29, 1.82) is 0 Å². The van der Waals surface area contributed by atoms with Crippen molar-refractivity contribution in [2.75, 3.05) is 4.90 Å². The number of amidine groups is 1. The molecule has 1 amide bonds. The normalized spacial score (nSPS) is 15.2. The summed E-state index contributed by atoms with van der Waals surface area (Å²) in [5.74, 6) is -0.616. The highest BCUT2D eigenvalue weighted by Crippen LogP contribution is 2.29. The van der Waals surface area contributed by atoms with E-state index in [1.165, 1.54) is 23.1 Å². The minimum atomic E-state index is -0.481. The Kier molecular flexibility index (Phi) is 4.67. The molecular weight excluding hydrogens is 379 g/mol. The number of carbonyl (C=O) groups excluding carboxylic acids is 1. The number of halogens is 2. The number of anilines is 1. The van der Waals surface area contributed by atoms with Gasteiger partial charge in [0.25, 0.3) is 5.91 Å². The third kappa shape index (κ3) is 3.40. The fraction of sp³-hybridized carbons (Fsp3) is 0. The molecule has 4 rings (SSSR count). The minimum absolute atomic E-state index is 0.0664. The summed E-state index contributed by atoms with van der Waals surface area (Å²) in [6.07, 6.45) is 1.62.